The summed E-state index contributed by atoms with van der Waals surface area (Å²) < 4.78 is 22.8. The van der Waals surface area contributed by atoms with Crippen molar-refractivity contribution >= 4 is 17.9 Å². The summed E-state index contributed by atoms with van der Waals surface area (Å²) in [7, 11) is 5.97. The Morgan fingerprint density at radius 2 is 0.785 bits per heavy atom. The van der Waals surface area contributed by atoms with Crippen LogP contribution >= 0.6 is 0 Å². The molecule has 1 N–H and O–H groups in total. The number of likely N-dealkylation sites (N-methyl/N-ethyl adjacent to an activating group) is 1. The first kappa shape index (κ1) is 63.0. The number of carbonyl (C=O) groups is 3. The van der Waals surface area contributed by atoms with Gasteiger partial charge in [0.15, 0.2) is 6.10 Å². The van der Waals surface area contributed by atoms with Gasteiger partial charge in [-0.15, -0.1) is 0 Å². The van der Waals surface area contributed by atoms with Gasteiger partial charge in [0.05, 0.1) is 34.4 Å². The Hall–Kier alpha value is -1.97. The molecule has 2 unspecified atom stereocenters. The number of nitrogens with zero attached hydrogens (tertiary/aromatic N) is 1. The summed E-state index contributed by atoms with van der Waals surface area (Å²) in [4.78, 5) is 37.3. The van der Waals surface area contributed by atoms with Crippen LogP contribution in [0, 0.1) is 0 Å². The third-order valence-corrected chi connectivity index (χ3v) is 12.5. The van der Waals surface area contributed by atoms with Gasteiger partial charge < -0.3 is 28.5 Å². The molecule has 0 amide bonds. The summed E-state index contributed by atoms with van der Waals surface area (Å²) in [5.41, 5.74) is 0. The first-order valence-electron chi connectivity index (χ1n) is 27.9. The lowest BCUT2D eigenvalue weighted by molar-refractivity contribution is -0.870. The van der Waals surface area contributed by atoms with Gasteiger partial charge in [-0.2, -0.15) is 0 Å². The molecule has 0 saturated carbocycles. The highest BCUT2D eigenvalue weighted by molar-refractivity contribution is 5.71. The Morgan fingerprint density at radius 1 is 0.446 bits per heavy atom. The SMILES string of the molecule is CCCCCC/C=C\CCCCCCCC(=O)OC(COC(=O)CCCCCCCCCCCCCCCCCCCCCCCCCCCCC)COC(OCC[N+](C)(C)C)C(=O)O. The summed E-state index contributed by atoms with van der Waals surface area (Å²) in [6.07, 6.45) is 51.6. The molecule has 0 aliphatic heterocycles. The fraction of sp³-hybridized carbons (Fsp3) is 0.911. The van der Waals surface area contributed by atoms with E-state index < -0.39 is 24.3 Å². The molecule has 0 fully saturated rings. The van der Waals surface area contributed by atoms with E-state index in [-0.39, 0.29) is 32.2 Å². The summed E-state index contributed by atoms with van der Waals surface area (Å²) in [5, 5.41) is 9.67. The predicted octanol–water partition coefficient (Wildman–Crippen LogP) is 15.8. The third-order valence-electron chi connectivity index (χ3n) is 12.5. The molecule has 0 saturated heterocycles. The van der Waals surface area contributed by atoms with Crippen molar-refractivity contribution in [2.75, 3.05) is 47.5 Å². The predicted molar refractivity (Wildman–Crippen MR) is 272 cm³/mol. The molecule has 9 nitrogen and oxygen atoms in total. The van der Waals surface area contributed by atoms with Gasteiger partial charge in [-0.1, -0.05) is 231 Å². The van der Waals surface area contributed by atoms with Crippen LogP contribution in [0.3, 0.4) is 0 Å². The average Bonchev–Trinajstić information content (AvgIpc) is 3.27. The smallest absolute Gasteiger partial charge is 0.361 e. The molecule has 9 heteroatoms. The van der Waals surface area contributed by atoms with Crippen molar-refractivity contribution in [2.45, 2.75) is 283 Å². The van der Waals surface area contributed by atoms with Crippen molar-refractivity contribution in [3.63, 3.8) is 0 Å². The van der Waals surface area contributed by atoms with Crippen LogP contribution in [0.1, 0.15) is 271 Å². The van der Waals surface area contributed by atoms with Gasteiger partial charge in [0.25, 0.3) is 6.29 Å². The number of allylic oxidation sites excluding steroid dienone is 2. The van der Waals surface area contributed by atoms with Gasteiger partial charge in [-0.25, -0.2) is 4.79 Å². The molecule has 0 aromatic carbocycles. The Kier molecular flexibility index (Phi) is 47.0. The minimum absolute atomic E-state index is 0.179. The maximum absolute atomic E-state index is 12.8. The van der Waals surface area contributed by atoms with Gasteiger partial charge in [0.1, 0.15) is 13.2 Å². The number of quaternary nitrogens is 1. The normalized spacial score (nSPS) is 12.8. The van der Waals surface area contributed by atoms with E-state index in [0.29, 0.717) is 23.9 Å². The largest absolute Gasteiger partial charge is 0.477 e. The van der Waals surface area contributed by atoms with Gasteiger partial charge in [0.2, 0.25) is 0 Å². The molecule has 0 rings (SSSR count). The van der Waals surface area contributed by atoms with Crippen molar-refractivity contribution in [1.82, 2.24) is 0 Å². The van der Waals surface area contributed by atoms with Crippen molar-refractivity contribution in [3.8, 4) is 0 Å². The molecular formula is C56H108NO8+. The number of esters is 2. The summed E-state index contributed by atoms with van der Waals surface area (Å²) >= 11 is 0. The van der Waals surface area contributed by atoms with E-state index in [2.05, 4.69) is 26.0 Å². The highest BCUT2D eigenvalue weighted by Gasteiger charge is 2.25. The van der Waals surface area contributed by atoms with E-state index in [0.717, 1.165) is 51.4 Å². The number of hydrogen-bond donors (Lipinski definition) is 1. The van der Waals surface area contributed by atoms with Crippen LogP contribution in [0.2, 0.25) is 0 Å². The molecule has 0 aliphatic rings. The Morgan fingerprint density at radius 3 is 1.15 bits per heavy atom. The molecule has 0 heterocycles. The number of carbonyl (C=O) groups excluding carboxylic acids is 2. The zero-order chi connectivity index (χ0) is 47.7. The molecule has 2 atom stereocenters. The van der Waals surface area contributed by atoms with E-state index in [9.17, 15) is 19.5 Å². The van der Waals surface area contributed by atoms with Crippen LogP contribution in [0.15, 0.2) is 12.2 Å². The minimum Gasteiger partial charge on any atom is -0.477 e. The van der Waals surface area contributed by atoms with Crippen molar-refractivity contribution in [3.05, 3.63) is 12.2 Å². The maximum Gasteiger partial charge on any atom is 0.361 e. The number of hydrogen-bond acceptors (Lipinski definition) is 7. The Labute approximate surface area is 402 Å². The number of rotatable bonds is 52. The quantitative estimate of drug-likeness (QED) is 0.0211. The van der Waals surface area contributed by atoms with Crippen LogP contribution in [0.5, 0.6) is 0 Å². The van der Waals surface area contributed by atoms with Crippen LogP contribution in [0.25, 0.3) is 0 Å². The van der Waals surface area contributed by atoms with Gasteiger partial charge >= 0.3 is 17.9 Å². The number of aliphatic carboxylic acids is 1. The lowest BCUT2D eigenvalue weighted by atomic mass is 10.0. The molecule has 65 heavy (non-hydrogen) atoms. The first-order chi connectivity index (χ1) is 31.6. The fourth-order valence-electron chi connectivity index (χ4n) is 8.19. The topological polar surface area (TPSA) is 108 Å². The molecular weight excluding hydrogens is 815 g/mol. The van der Waals surface area contributed by atoms with Crippen molar-refractivity contribution in [2.24, 2.45) is 0 Å². The van der Waals surface area contributed by atoms with E-state index in [4.69, 9.17) is 18.9 Å². The average molecular weight is 923 g/mol. The highest BCUT2D eigenvalue weighted by atomic mass is 16.7. The molecule has 0 aliphatic carbocycles. The van der Waals surface area contributed by atoms with Crippen LogP contribution in [-0.2, 0) is 33.3 Å². The second-order valence-electron chi connectivity index (χ2n) is 20.3. The number of carboxylic acid groups (broad SMARTS) is 1. The maximum atomic E-state index is 12.8. The zero-order valence-corrected chi connectivity index (χ0v) is 43.7. The van der Waals surface area contributed by atoms with E-state index in [1.807, 2.05) is 21.1 Å². The monoisotopic (exact) mass is 923 g/mol. The second kappa shape index (κ2) is 48.5. The fourth-order valence-corrected chi connectivity index (χ4v) is 8.19. The van der Waals surface area contributed by atoms with Gasteiger partial charge in [-0.3, -0.25) is 9.59 Å². The number of carboxylic acids is 1. The van der Waals surface area contributed by atoms with Crippen LogP contribution in [0.4, 0.5) is 0 Å². The third kappa shape index (κ3) is 49.8. The number of ether oxygens (including phenoxy) is 4. The van der Waals surface area contributed by atoms with Gasteiger partial charge in [-0.05, 0) is 38.5 Å². The molecule has 0 radical (unpaired) electrons. The standard InChI is InChI=1S/C56H107NO8/c1-6-8-10-12-14-16-18-20-21-22-23-24-25-26-27-28-29-30-31-32-33-35-36-38-40-42-44-46-53(58)63-50-52(51-64-56(55(60)61)62-49-48-57(3,4)5)65-54(59)47-45-43-41-39-37-34-19-17-15-13-11-9-7-2/h17,19,52,56H,6-16,18,20-51H2,1-5H3/p+1/b19-17-. The van der Waals surface area contributed by atoms with Crippen molar-refractivity contribution in [1.29, 1.82) is 0 Å². The zero-order valence-electron chi connectivity index (χ0n) is 43.7. The second-order valence-corrected chi connectivity index (χ2v) is 20.3. The minimum atomic E-state index is -1.51. The molecule has 0 aromatic rings. The molecule has 0 spiro atoms. The Balaban J connectivity index is 4.11. The Bertz CT molecular complexity index is 1070. The summed E-state index contributed by atoms with van der Waals surface area (Å²) in [6.45, 7) is 4.89. The molecule has 0 bridgehead atoms. The number of unbranched alkanes of at least 4 members (excludes halogenated alkanes) is 35. The molecule has 384 valence electrons. The van der Waals surface area contributed by atoms with E-state index >= 15 is 0 Å². The molecule has 0 aromatic heterocycles. The van der Waals surface area contributed by atoms with E-state index in [1.54, 1.807) is 0 Å². The van der Waals surface area contributed by atoms with E-state index in [1.165, 1.54) is 186 Å². The van der Waals surface area contributed by atoms with Gasteiger partial charge in [0, 0.05) is 12.8 Å². The van der Waals surface area contributed by atoms with Crippen LogP contribution in [-0.4, -0.2) is 87.4 Å². The summed E-state index contributed by atoms with van der Waals surface area (Å²) in [6, 6.07) is 0. The first-order valence-corrected chi connectivity index (χ1v) is 27.9. The highest BCUT2D eigenvalue weighted by Crippen LogP contribution is 2.17. The lowest BCUT2D eigenvalue weighted by Gasteiger charge is -2.25. The lowest BCUT2D eigenvalue weighted by Crippen LogP contribution is -2.40. The summed E-state index contributed by atoms with van der Waals surface area (Å²) in [5.74, 6) is -2.00. The van der Waals surface area contributed by atoms with Crippen molar-refractivity contribution < 1.29 is 42.9 Å². The van der Waals surface area contributed by atoms with Crippen LogP contribution < -0.4 is 0 Å².